The van der Waals surface area contributed by atoms with Crippen LogP contribution in [-0.2, 0) is 4.74 Å². The molecule has 4 aliphatic rings. The Morgan fingerprint density at radius 1 is 0.970 bits per heavy atom. The molecule has 4 fully saturated rings. The first kappa shape index (κ1) is 21.7. The molecule has 0 N–H and O–H groups in total. The summed E-state index contributed by atoms with van der Waals surface area (Å²) >= 11 is 12.9. The summed E-state index contributed by atoms with van der Waals surface area (Å²) in [6, 6.07) is 14.6. The maximum atomic E-state index is 13.5. The van der Waals surface area contributed by atoms with Gasteiger partial charge in [-0.1, -0.05) is 41.4 Å². The van der Waals surface area contributed by atoms with E-state index in [0.29, 0.717) is 22.5 Å². The number of carbonyl (C=O) groups is 1. The number of piperazine rings is 1. The minimum absolute atomic E-state index is 0.0563. The van der Waals surface area contributed by atoms with Crippen LogP contribution in [0.25, 0.3) is 0 Å². The number of fused-ring (bicyclic) bond motifs is 1. The van der Waals surface area contributed by atoms with Crippen molar-refractivity contribution in [2.45, 2.75) is 36.8 Å². The standard InChI is InChI=1S/C26H29Cl2N3O2/c27-20-7-4-18(5-8-20)19-6-9-21-15-30(13-12-29(21)14-19)25(32)22-2-1-3-23(24(22)28)31-11-10-26(31)16-33-17-26/h1-5,7-8,19,21H,6,9-17H2. The van der Waals surface area contributed by atoms with E-state index in [0.717, 1.165) is 75.9 Å². The van der Waals surface area contributed by atoms with Gasteiger partial charge in [0.25, 0.3) is 5.91 Å². The molecule has 2 atom stereocenters. The van der Waals surface area contributed by atoms with Gasteiger partial charge in [-0.15, -0.1) is 0 Å². The number of hydrogen-bond acceptors (Lipinski definition) is 4. The maximum Gasteiger partial charge on any atom is 0.255 e. The summed E-state index contributed by atoms with van der Waals surface area (Å²) in [5.74, 6) is 0.590. The zero-order valence-corrected chi connectivity index (χ0v) is 20.2. The Morgan fingerprint density at radius 2 is 1.79 bits per heavy atom. The van der Waals surface area contributed by atoms with Crippen molar-refractivity contribution >= 4 is 34.8 Å². The van der Waals surface area contributed by atoms with Gasteiger partial charge in [0.1, 0.15) is 0 Å². The first-order valence-corrected chi connectivity index (χ1v) is 12.7. The van der Waals surface area contributed by atoms with Gasteiger partial charge in [-0.25, -0.2) is 0 Å². The van der Waals surface area contributed by atoms with E-state index in [1.165, 1.54) is 5.56 Å². The van der Waals surface area contributed by atoms with E-state index >= 15 is 0 Å². The second-order valence-electron chi connectivity index (χ2n) is 9.98. The Morgan fingerprint density at radius 3 is 2.48 bits per heavy atom. The zero-order valence-electron chi connectivity index (χ0n) is 18.7. The molecule has 0 saturated carbocycles. The summed E-state index contributed by atoms with van der Waals surface area (Å²) in [7, 11) is 0. The predicted octanol–water partition coefficient (Wildman–Crippen LogP) is 4.68. The molecular weight excluding hydrogens is 457 g/mol. The van der Waals surface area contributed by atoms with Gasteiger partial charge < -0.3 is 14.5 Å². The number of hydrogen-bond donors (Lipinski definition) is 0. The molecule has 2 unspecified atom stereocenters. The van der Waals surface area contributed by atoms with E-state index in [9.17, 15) is 4.79 Å². The third-order valence-electron chi connectivity index (χ3n) is 8.15. The summed E-state index contributed by atoms with van der Waals surface area (Å²) in [5, 5.41) is 1.37. The van der Waals surface area contributed by atoms with E-state index < -0.39 is 0 Å². The molecule has 0 bridgehead atoms. The third kappa shape index (κ3) is 3.74. The van der Waals surface area contributed by atoms with E-state index in [-0.39, 0.29) is 11.4 Å². The first-order chi connectivity index (χ1) is 16.0. The van der Waals surface area contributed by atoms with Gasteiger partial charge in [-0.3, -0.25) is 9.69 Å². The van der Waals surface area contributed by atoms with Crippen molar-refractivity contribution in [2.75, 3.05) is 50.8 Å². The SMILES string of the molecule is O=C(c1cccc(N2CCC23COC3)c1Cl)N1CCN2CC(c3ccc(Cl)cc3)CCC2C1. The number of anilines is 1. The van der Waals surface area contributed by atoms with E-state index in [4.69, 9.17) is 27.9 Å². The van der Waals surface area contributed by atoms with Crippen LogP contribution in [0.15, 0.2) is 42.5 Å². The van der Waals surface area contributed by atoms with Crippen molar-refractivity contribution in [3.8, 4) is 0 Å². The lowest BCUT2D eigenvalue weighted by Gasteiger charge is -2.59. The second kappa shape index (κ2) is 8.46. The Balaban J connectivity index is 1.14. The highest BCUT2D eigenvalue weighted by Gasteiger charge is 2.51. The Hall–Kier alpha value is -1.79. The van der Waals surface area contributed by atoms with Crippen molar-refractivity contribution in [2.24, 2.45) is 0 Å². The minimum atomic E-state index is 0.0563. The van der Waals surface area contributed by atoms with Gasteiger partial charge in [0.05, 0.1) is 35.0 Å². The summed E-state index contributed by atoms with van der Waals surface area (Å²) < 4.78 is 5.47. The number of benzene rings is 2. The predicted molar refractivity (Wildman–Crippen MR) is 132 cm³/mol. The summed E-state index contributed by atoms with van der Waals surface area (Å²) in [6.45, 7) is 5.94. The molecule has 0 aromatic heterocycles. The lowest BCUT2D eigenvalue weighted by molar-refractivity contribution is -0.0847. The zero-order chi connectivity index (χ0) is 22.6. The van der Waals surface area contributed by atoms with E-state index in [1.54, 1.807) is 0 Å². The van der Waals surface area contributed by atoms with Gasteiger partial charge in [0.15, 0.2) is 0 Å². The first-order valence-electron chi connectivity index (χ1n) is 12.0. The summed E-state index contributed by atoms with van der Waals surface area (Å²) in [6.07, 6.45) is 3.36. The van der Waals surface area contributed by atoms with Crippen LogP contribution in [0.1, 0.15) is 41.1 Å². The third-order valence-corrected chi connectivity index (χ3v) is 8.80. The molecule has 4 aliphatic heterocycles. The molecule has 174 valence electrons. The van der Waals surface area contributed by atoms with Crippen LogP contribution in [0, 0.1) is 0 Å². The molecule has 0 aliphatic carbocycles. The van der Waals surface area contributed by atoms with Gasteiger partial charge in [-0.2, -0.15) is 0 Å². The molecule has 33 heavy (non-hydrogen) atoms. The molecular formula is C26H29Cl2N3O2. The van der Waals surface area contributed by atoms with Crippen LogP contribution in [-0.4, -0.2) is 73.2 Å². The molecule has 1 spiro atoms. The van der Waals surface area contributed by atoms with Gasteiger partial charge in [0.2, 0.25) is 0 Å². The number of ether oxygens (including phenoxy) is 1. The van der Waals surface area contributed by atoms with Crippen LogP contribution in [0.5, 0.6) is 0 Å². The second-order valence-corrected chi connectivity index (χ2v) is 10.8. The monoisotopic (exact) mass is 485 g/mol. The Labute approximate surface area is 205 Å². The largest absolute Gasteiger partial charge is 0.376 e. The van der Waals surface area contributed by atoms with Crippen molar-refractivity contribution in [1.82, 2.24) is 9.80 Å². The lowest BCUT2D eigenvalue weighted by Crippen LogP contribution is -2.71. The number of halogens is 2. The van der Waals surface area contributed by atoms with Crippen molar-refractivity contribution in [3.63, 3.8) is 0 Å². The van der Waals surface area contributed by atoms with Gasteiger partial charge in [-0.05, 0) is 55.0 Å². The van der Waals surface area contributed by atoms with Crippen LogP contribution in [0.4, 0.5) is 5.69 Å². The van der Waals surface area contributed by atoms with Crippen LogP contribution in [0.2, 0.25) is 10.0 Å². The summed E-state index contributed by atoms with van der Waals surface area (Å²) in [4.78, 5) is 20.4. The number of piperidine rings is 1. The highest BCUT2D eigenvalue weighted by Crippen LogP contribution is 2.44. The highest BCUT2D eigenvalue weighted by molar-refractivity contribution is 6.36. The molecule has 2 aromatic carbocycles. The minimum Gasteiger partial charge on any atom is -0.376 e. The number of carbonyl (C=O) groups excluding carboxylic acids is 1. The Bertz CT molecular complexity index is 1050. The molecule has 4 heterocycles. The van der Waals surface area contributed by atoms with E-state index in [2.05, 4.69) is 21.9 Å². The number of rotatable bonds is 3. The number of nitrogens with zero attached hydrogens (tertiary/aromatic N) is 3. The molecule has 1 amide bonds. The molecule has 6 rings (SSSR count). The number of amides is 1. The van der Waals surface area contributed by atoms with E-state index in [1.807, 2.05) is 35.2 Å². The van der Waals surface area contributed by atoms with Crippen LogP contribution in [0.3, 0.4) is 0 Å². The van der Waals surface area contributed by atoms with Crippen molar-refractivity contribution < 1.29 is 9.53 Å². The smallest absolute Gasteiger partial charge is 0.255 e. The molecule has 4 saturated heterocycles. The normalized spacial score (nSPS) is 26.5. The fraction of sp³-hybridized carbons (Fsp3) is 0.500. The van der Waals surface area contributed by atoms with Crippen LogP contribution < -0.4 is 4.90 Å². The Kier molecular flexibility index (Phi) is 5.57. The van der Waals surface area contributed by atoms with Crippen molar-refractivity contribution in [1.29, 1.82) is 0 Å². The fourth-order valence-corrected chi connectivity index (χ4v) is 6.42. The van der Waals surface area contributed by atoms with Crippen molar-refractivity contribution in [3.05, 3.63) is 63.6 Å². The molecule has 2 aromatic rings. The van der Waals surface area contributed by atoms with Gasteiger partial charge >= 0.3 is 0 Å². The lowest BCUT2D eigenvalue weighted by atomic mass is 9.82. The van der Waals surface area contributed by atoms with Gasteiger partial charge in [0, 0.05) is 43.8 Å². The molecule has 7 heteroatoms. The topological polar surface area (TPSA) is 36.0 Å². The average molecular weight is 486 g/mol. The van der Waals surface area contributed by atoms with Crippen LogP contribution >= 0.6 is 23.2 Å². The quantitative estimate of drug-likeness (QED) is 0.632. The molecule has 5 nitrogen and oxygen atoms in total. The molecule has 0 radical (unpaired) electrons. The average Bonchev–Trinajstić information content (AvgIpc) is 2.78. The maximum absolute atomic E-state index is 13.5. The summed E-state index contributed by atoms with van der Waals surface area (Å²) in [5.41, 5.74) is 3.05. The highest BCUT2D eigenvalue weighted by atomic mass is 35.5. The fourth-order valence-electron chi connectivity index (χ4n) is 5.98.